The van der Waals surface area contributed by atoms with E-state index >= 15 is 0 Å². The molecular formula is C23H22F3N5O4. The number of nitrogens with zero attached hydrogens (tertiary/aromatic N) is 4. The number of ether oxygens (including phenoxy) is 3. The molecule has 0 bridgehead atoms. The molecule has 184 valence electrons. The number of halogens is 3. The summed E-state index contributed by atoms with van der Waals surface area (Å²) in [6, 6.07) is 6.98. The van der Waals surface area contributed by atoms with E-state index in [2.05, 4.69) is 25.1 Å². The first-order valence-corrected chi connectivity index (χ1v) is 11.0. The van der Waals surface area contributed by atoms with E-state index in [1.165, 1.54) is 10.7 Å². The number of carbonyl (C=O) groups is 1. The lowest BCUT2D eigenvalue weighted by Gasteiger charge is -2.26. The van der Waals surface area contributed by atoms with E-state index in [4.69, 9.17) is 9.47 Å². The summed E-state index contributed by atoms with van der Waals surface area (Å²) >= 11 is 0. The summed E-state index contributed by atoms with van der Waals surface area (Å²) in [5.41, 5.74) is 3.59. The minimum absolute atomic E-state index is 0.157. The van der Waals surface area contributed by atoms with Crippen LogP contribution in [0.3, 0.4) is 0 Å². The van der Waals surface area contributed by atoms with Crippen molar-refractivity contribution in [2.24, 2.45) is 0 Å². The topological polar surface area (TPSA) is 100 Å². The summed E-state index contributed by atoms with van der Waals surface area (Å²) in [5, 5.41) is 7.13. The SMILES string of the molecule is Cc1cnc(-c2ccc3c(c2)C[C@@H](NC(=O)c2cc4n(n2)CC(COCC(F)(F)F)O4)CO3)cn1. The maximum absolute atomic E-state index is 12.7. The third-order valence-corrected chi connectivity index (χ3v) is 5.59. The number of carbonyl (C=O) groups excluding carboxylic acids is 1. The van der Waals surface area contributed by atoms with E-state index in [1.807, 2.05) is 25.1 Å². The molecule has 2 aliphatic rings. The number of benzene rings is 1. The fraction of sp³-hybridized carbons (Fsp3) is 0.391. The highest BCUT2D eigenvalue weighted by atomic mass is 19.4. The standard InChI is InChI=1S/C23H22F3N5O4/c1-13-7-28-19(8-27-13)14-2-3-20-15(4-14)5-16(10-34-20)29-22(32)18-6-21-31(30-18)9-17(35-21)11-33-12-23(24,25)26/h2-4,6-8,16-17H,5,9-12H2,1H3,(H,29,32)/t16-,17?/m1/s1. The molecular weight excluding hydrogens is 467 g/mol. The molecule has 2 aromatic heterocycles. The quantitative estimate of drug-likeness (QED) is 0.568. The molecule has 0 fully saturated rings. The van der Waals surface area contributed by atoms with Gasteiger partial charge in [0.05, 0.1) is 36.8 Å². The zero-order chi connectivity index (χ0) is 24.6. The lowest BCUT2D eigenvalue weighted by atomic mass is 9.99. The van der Waals surface area contributed by atoms with Crippen molar-refractivity contribution in [3.63, 3.8) is 0 Å². The molecule has 1 N–H and O–H groups in total. The largest absolute Gasteiger partial charge is 0.491 e. The molecule has 0 radical (unpaired) electrons. The first-order chi connectivity index (χ1) is 16.7. The molecule has 2 atom stereocenters. The Morgan fingerprint density at radius 3 is 2.86 bits per heavy atom. The van der Waals surface area contributed by atoms with Crippen molar-refractivity contribution < 1.29 is 32.2 Å². The van der Waals surface area contributed by atoms with Gasteiger partial charge in [-0.2, -0.15) is 18.3 Å². The number of hydrogen-bond donors (Lipinski definition) is 1. The number of alkyl halides is 3. The van der Waals surface area contributed by atoms with Gasteiger partial charge < -0.3 is 19.5 Å². The van der Waals surface area contributed by atoms with Crippen LogP contribution in [0.2, 0.25) is 0 Å². The smallest absolute Gasteiger partial charge is 0.411 e. The summed E-state index contributed by atoms with van der Waals surface area (Å²) < 4.78 is 54.1. The van der Waals surface area contributed by atoms with E-state index in [9.17, 15) is 18.0 Å². The second-order valence-corrected chi connectivity index (χ2v) is 8.47. The zero-order valence-electron chi connectivity index (χ0n) is 18.7. The summed E-state index contributed by atoms with van der Waals surface area (Å²) in [5.74, 6) is 0.676. The molecule has 1 aromatic carbocycles. The number of aromatic nitrogens is 4. The van der Waals surface area contributed by atoms with E-state index in [0.717, 1.165) is 28.3 Å². The Bertz CT molecular complexity index is 1210. The number of hydrogen-bond acceptors (Lipinski definition) is 7. The maximum Gasteiger partial charge on any atom is 0.411 e. The van der Waals surface area contributed by atoms with Crippen molar-refractivity contribution in [3.05, 3.63) is 53.6 Å². The fourth-order valence-electron chi connectivity index (χ4n) is 3.98. The average Bonchev–Trinajstić information content (AvgIpc) is 3.37. The van der Waals surface area contributed by atoms with Crippen molar-refractivity contribution in [1.82, 2.24) is 25.1 Å². The Kier molecular flexibility index (Phi) is 6.05. The van der Waals surface area contributed by atoms with Crippen molar-refractivity contribution in [1.29, 1.82) is 0 Å². The van der Waals surface area contributed by atoms with Gasteiger partial charge in [0.2, 0.25) is 5.88 Å². The minimum Gasteiger partial charge on any atom is -0.491 e. The Morgan fingerprint density at radius 2 is 2.11 bits per heavy atom. The molecule has 5 rings (SSSR count). The van der Waals surface area contributed by atoms with Crippen LogP contribution in [0.25, 0.3) is 11.3 Å². The van der Waals surface area contributed by atoms with Crippen LogP contribution in [0.15, 0.2) is 36.7 Å². The van der Waals surface area contributed by atoms with Gasteiger partial charge in [0.25, 0.3) is 5.91 Å². The number of rotatable bonds is 6. The van der Waals surface area contributed by atoms with Crippen molar-refractivity contribution in [2.75, 3.05) is 19.8 Å². The van der Waals surface area contributed by atoms with Crippen LogP contribution in [0, 0.1) is 6.92 Å². The van der Waals surface area contributed by atoms with Crippen LogP contribution < -0.4 is 14.8 Å². The molecule has 1 unspecified atom stereocenters. The first-order valence-electron chi connectivity index (χ1n) is 11.0. The van der Waals surface area contributed by atoms with Gasteiger partial charge in [-0.1, -0.05) is 0 Å². The summed E-state index contributed by atoms with van der Waals surface area (Å²) in [6.45, 7) is 0.821. The number of nitrogens with one attached hydrogen (secondary N) is 1. The van der Waals surface area contributed by atoms with Gasteiger partial charge in [-0.3, -0.25) is 14.8 Å². The molecule has 0 spiro atoms. The normalized spacial score (nSPS) is 18.9. The average molecular weight is 489 g/mol. The molecule has 0 saturated carbocycles. The molecule has 4 heterocycles. The van der Waals surface area contributed by atoms with Gasteiger partial charge in [0.1, 0.15) is 25.1 Å². The van der Waals surface area contributed by atoms with Crippen LogP contribution in [-0.2, 0) is 17.7 Å². The van der Waals surface area contributed by atoms with Gasteiger partial charge in [0.15, 0.2) is 5.69 Å². The fourth-order valence-corrected chi connectivity index (χ4v) is 3.98. The Balaban J connectivity index is 1.18. The van der Waals surface area contributed by atoms with E-state index in [1.54, 1.807) is 12.4 Å². The summed E-state index contributed by atoms with van der Waals surface area (Å²) in [4.78, 5) is 21.4. The predicted octanol–water partition coefficient (Wildman–Crippen LogP) is 2.72. The Hall–Kier alpha value is -3.67. The predicted molar refractivity (Wildman–Crippen MR) is 116 cm³/mol. The summed E-state index contributed by atoms with van der Waals surface area (Å²) in [6.07, 6.45) is -0.994. The second-order valence-electron chi connectivity index (χ2n) is 8.47. The molecule has 35 heavy (non-hydrogen) atoms. The number of amides is 1. The number of fused-ring (bicyclic) bond motifs is 2. The molecule has 9 nitrogen and oxygen atoms in total. The van der Waals surface area contributed by atoms with Crippen LogP contribution in [0.4, 0.5) is 13.2 Å². The maximum atomic E-state index is 12.7. The highest BCUT2D eigenvalue weighted by Crippen LogP contribution is 2.30. The monoisotopic (exact) mass is 489 g/mol. The van der Waals surface area contributed by atoms with Gasteiger partial charge >= 0.3 is 6.18 Å². The van der Waals surface area contributed by atoms with Crippen molar-refractivity contribution in [2.45, 2.75) is 38.2 Å². The molecule has 12 heteroatoms. The lowest BCUT2D eigenvalue weighted by molar-refractivity contribution is -0.177. The van der Waals surface area contributed by atoms with Gasteiger partial charge in [-0.05, 0) is 37.1 Å². The molecule has 1 amide bonds. The molecule has 3 aromatic rings. The van der Waals surface area contributed by atoms with Gasteiger partial charge in [-0.15, -0.1) is 0 Å². The Labute approximate surface area is 198 Å². The summed E-state index contributed by atoms with van der Waals surface area (Å²) in [7, 11) is 0. The zero-order valence-corrected chi connectivity index (χ0v) is 18.7. The van der Waals surface area contributed by atoms with Crippen molar-refractivity contribution >= 4 is 5.91 Å². The number of aryl methyl sites for hydroxylation is 1. The molecule has 0 aliphatic carbocycles. The Morgan fingerprint density at radius 1 is 1.26 bits per heavy atom. The molecule has 0 saturated heterocycles. The third kappa shape index (κ3) is 5.37. The van der Waals surface area contributed by atoms with E-state index < -0.39 is 24.8 Å². The lowest BCUT2D eigenvalue weighted by Crippen LogP contribution is -2.43. The van der Waals surface area contributed by atoms with Crippen LogP contribution >= 0.6 is 0 Å². The highest BCUT2D eigenvalue weighted by Gasteiger charge is 2.31. The van der Waals surface area contributed by atoms with Gasteiger partial charge in [-0.25, -0.2) is 4.68 Å². The minimum atomic E-state index is -4.39. The van der Waals surface area contributed by atoms with Crippen LogP contribution in [0.5, 0.6) is 11.6 Å². The van der Waals surface area contributed by atoms with Crippen molar-refractivity contribution in [3.8, 4) is 22.9 Å². The van der Waals surface area contributed by atoms with Crippen LogP contribution in [-0.4, -0.2) is 63.8 Å². The third-order valence-electron chi connectivity index (χ3n) is 5.59. The van der Waals surface area contributed by atoms with E-state index in [-0.39, 0.29) is 24.9 Å². The van der Waals surface area contributed by atoms with E-state index in [0.29, 0.717) is 18.9 Å². The highest BCUT2D eigenvalue weighted by molar-refractivity contribution is 5.92. The first kappa shape index (κ1) is 23.1. The van der Waals surface area contributed by atoms with Crippen LogP contribution in [0.1, 0.15) is 21.7 Å². The van der Waals surface area contributed by atoms with Gasteiger partial charge in [0, 0.05) is 17.8 Å². The molecule has 2 aliphatic heterocycles. The second kappa shape index (κ2) is 9.17.